The first-order valence-electron chi connectivity index (χ1n) is 10.2. The summed E-state index contributed by atoms with van der Waals surface area (Å²) in [5.41, 5.74) is -0.207. The third-order valence-electron chi connectivity index (χ3n) is 8.57. The van der Waals surface area contributed by atoms with Crippen molar-refractivity contribution in [2.45, 2.75) is 83.7 Å². The van der Waals surface area contributed by atoms with Crippen LogP contribution in [0, 0.1) is 40.9 Å². The molecule has 0 spiro atoms. The molecule has 0 heterocycles. The van der Waals surface area contributed by atoms with Gasteiger partial charge in [0, 0.05) is 0 Å². The molecule has 0 aromatic carbocycles. The lowest BCUT2D eigenvalue weighted by Crippen LogP contribution is -2.54. The van der Waals surface area contributed by atoms with Gasteiger partial charge in [-0.2, -0.15) is 0 Å². The van der Waals surface area contributed by atoms with E-state index in [1.54, 1.807) is 0 Å². The van der Waals surface area contributed by atoms with E-state index in [0.717, 1.165) is 49.4 Å². The molecule has 6 saturated carbocycles. The molecule has 0 aromatic rings. The molecule has 0 radical (unpaired) electrons. The van der Waals surface area contributed by atoms with Crippen molar-refractivity contribution in [1.82, 2.24) is 0 Å². The summed E-state index contributed by atoms with van der Waals surface area (Å²) in [5, 5.41) is 0. The minimum atomic E-state index is -0.122. The molecule has 6 fully saturated rings. The highest BCUT2D eigenvalue weighted by atomic mass is 16.6. The Balaban J connectivity index is 1.40. The van der Waals surface area contributed by atoms with Crippen LogP contribution in [0.1, 0.15) is 78.1 Å². The van der Waals surface area contributed by atoms with Crippen molar-refractivity contribution in [3.8, 4) is 0 Å². The van der Waals surface area contributed by atoms with Crippen molar-refractivity contribution in [3.05, 3.63) is 0 Å². The highest BCUT2D eigenvalue weighted by Crippen LogP contribution is 2.62. The second-order valence-corrected chi connectivity index (χ2v) is 10.3. The van der Waals surface area contributed by atoms with Gasteiger partial charge in [-0.15, -0.1) is 0 Å². The van der Waals surface area contributed by atoms with E-state index in [2.05, 4.69) is 13.8 Å². The van der Waals surface area contributed by atoms with E-state index in [9.17, 15) is 4.79 Å². The Hall–Kier alpha value is -0.530. The lowest BCUT2D eigenvalue weighted by atomic mass is 9.49. The Kier molecular flexibility index (Phi) is 3.06. The van der Waals surface area contributed by atoms with Crippen molar-refractivity contribution in [3.63, 3.8) is 0 Å². The van der Waals surface area contributed by atoms with Crippen LogP contribution in [0.2, 0.25) is 0 Å². The Morgan fingerprint density at radius 3 is 1.91 bits per heavy atom. The molecule has 6 aliphatic rings. The molecule has 0 amide bonds. The van der Waals surface area contributed by atoms with Gasteiger partial charge < -0.3 is 4.74 Å². The summed E-state index contributed by atoms with van der Waals surface area (Å²) in [6, 6.07) is 0. The first-order chi connectivity index (χ1) is 11.0. The zero-order valence-corrected chi connectivity index (χ0v) is 14.9. The van der Waals surface area contributed by atoms with Gasteiger partial charge in [-0.25, -0.2) is 0 Å². The van der Waals surface area contributed by atoms with Gasteiger partial charge in [-0.05, 0) is 99.7 Å². The largest absolute Gasteiger partial charge is 0.458 e. The average molecular weight is 316 g/mol. The van der Waals surface area contributed by atoms with Crippen molar-refractivity contribution >= 4 is 5.97 Å². The maximum Gasteiger partial charge on any atom is 0.312 e. The van der Waals surface area contributed by atoms with Crippen molar-refractivity contribution < 1.29 is 9.53 Å². The van der Waals surface area contributed by atoms with Gasteiger partial charge >= 0.3 is 5.97 Å². The molecule has 6 rings (SSSR count). The fourth-order valence-corrected chi connectivity index (χ4v) is 7.91. The molecule has 2 heteroatoms. The van der Waals surface area contributed by atoms with Crippen LogP contribution in [0.25, 0.3) is 0 Å². The summed E-state index contributed by atoms with van der Waals surface area (Å²) < 4.78 is 6.54. The molecular formula is C21H32O2. The van der Waals surface area contributed by atoms with Crippen LogP contribution in [-0.4, -0.2) is 11.6 Å². The van der Waals surface area contributed by atoms with Crippen LogP contribution < -0.4 is 0 Å². The number of hydrogen-bond donors (Lipinski definition) is 0. The number of ether oxygens (including phenoxy) is 1. The average Bonchev–Trinajstić information content (AvgIpc) is 3.07. The van der Waals surface area contributed by atoms with Crippen LogP contribution in [0.3, 0.4) is 0 Å². The topological polar surface area (TPSA) is 26.3 Å². The van der Waals surface area contributed by atoms with E-state index in [4.69, 9.17) is 4.74 Å². The Bertz CT molecular complexity index is 487. The zero-order valence-electron chi connectivity index (χ0n) is 14.9. The third kappa shape index (κ3) is 2.02. The van der Waals surface area contributed by atoms with E-state index in [1.165, 1.54) is 38.5 Å². The normalized spacial score (nSPS) is 53.3. The fraction of sp³-hybridized carbons (Fsp3) is 0.952. The highest BCUT2D eigenvalue weighted by Gasteiger charge is 2.60. The van der Waals surface area contributed by atoms with E-state index >= 15 is 0 Å². The molecule has 0 aromatic heterocycles. The number of rotatable bonds is 3. The SMILES string of the molecule is CC(C)[C@@]1(OC(=O)C23CC4CC(CC(C4)C2)C3)C[C@@H]2CC[C@H]1C2. The molecule has 23 heavy (non-hydrogen) atoms. The first kappa shape index (κ1) is 14.8. The van der Waals surface area contributed by atoms with Gasteiger partial charge in [0.2, 0.25) is 0 Å². The van der Waals surface area contributed by atoms with Gasteiger partial charge in [0.15, 0.2) is 0 Å². The van der Waals surface area contributed by atoms with Gasteiger partial charge in [0.05, 0.1) is 5.41 Å². The van der Waals surface area contributed by atoms with E-state index < -0.39 is 0 Å². The zero-order chi connectivity index (χ0) is 15.8. The summed E-state index contributed by atoms with van der Waals surface area (Å²) in [6.45, 7) is 4.57. The Morgan fingerprint density at radius 2 is 1.48 bits per heavy atom. The maximum atomic E-state index is 13.4. The standard InChI is InChI=1S/C21H32O2/c1-13(2)21(12-14-3-4-18(21)8-14)23-19(22)20-9-15-5-16(10-20)7-17(6-15)11-20/h13-18H,3-12H2,1-2H3/t14-,15?,16?,17?,18+,20?,21+/m1/s1. The van der Waals surface area contributed by atoms with Crippen LogP contribution >= 0.6 is 0 Å². The Labute approximate surface area is 140 Å². The second-order valence-electron chi connectivity index (χ2n) is 10.3. The number of esters is 1. The Morgan fingerprint density at radius 1 is 0.870 bits per heavy atom. The summed E-state index contributed by atoms with van der Waals surface area (Å²) in [4.78, 5) is 13.4. The summed E-state index contributed by atoms with van der Waals surface area (Å²) in [6.07, 6.45) is 12.7. The monoisotopic (exact) mass is 316 g/mol. The molecule has 2 nitrogen and oxygen atoms in total. The van der Waals surface area contributed by atoms with Crippen LogP contribution in [0.4, 0.5) is 0 Å². The van der Waals surface area contributed by atoms with Gasteiger partial charge in [0.25, 0.3) is 0 Å². The second kappa shape index (κ2) is 4.76. The lowest BCUT2D eigenvalue weighted by Gasteiger charge is -2.56. The number of fused-ring (bicyclic) bond motifs is 2. The minimum Gasteiger partial charge on any atom is -0.458 e. The smallest absolute Gasteiger partial charge is 0.312 e. The van der Waals surface area contributed by atoms with Crippen molar-refractivity contribution in [1.29, 1.82) is 0 Å². The third-order valence-corrected chi connectivity index (χ3v) is 8.57. The summed E-state index contributed by atoms with van der Waals surface area (Å²) in [5.74, 6) is 4.63. The van der Waals surface area contributed by atoms with Gasteiger partial charge in [-0.3, -0.25) is 4.79 Å². The number of carbonyl (C=O) groups is 1. The quantitative estimate of drug-likeness (QED) is 0.688. The fourth-order valence-electron chi connectivity index (χ4n) is 7.91. The molecule has 128 valence electrons. The van der Waals surface area contributed by atoms with Gasteiger partial charge in [0.1, 0.15) is 5.60 Å². The van der Waals surface area contributed by atoms with Crippen LogP contribution in [0.15, 0.2) is 0 Å². The van der Waals surface area contributed by atoms with E-state index in [-0.39, 0.29) is 17.0 Å². The molecule has 0 saturated heterocycles. The molecule has 3 atom stereocenters. The van der Waals surface area contributed by atoms with Crippen LogP contribution in [0.5, 0.6) is 0 Å². The summed E-state index contributed by atoms with van der Waals surface area (Å²) in [7, 11) is 0. The summed E-state index contributed by atoms with van der Waals surface area (Å²) >= 11 is 0. The minimum absolute atomic E-state index is 0.0848. The molecular weight excluding hydrogens is 284 g/mol. The predicted molar refractivity (Wildman–Crippen MR) is 89.7 cm³/mol. The first-order valence-corrected chi connectivity index (χ1v) is 10.2. The molecule has 0 aliphatic heterocycles. The van der Waals surface area contributed by atoms with Crippen molar-refractivity contribution in [2.24, 2.45) is 40.9 Å². The lowest BCUT2D eigenvalue weighted by molar-refractivity contribution is -0.198. The number of hydrogen-bond acceptors (Lipinski definition) is 2. The maximum absolute atomic E-state index is 13.4. The molecule has 6 aliphatic carbocycles. The molecule has 0 N–H and O–H groups in total. The molecule has 0 unspecified atom stereocenters. The highest BCUT2D eigenvalue weighted by molar-refractivity contribution is 5.78. The van der Waals surface area contributed by atoms with Crippen LogP contribution in [-0.2, 0) is 9.53 Å². The van der Waals surface area contributed by atoms with E-state index in [0.29, 0.717) is 11.8 Å². The predicted octanol–water partition coefficient (Wildman–Crippen LogP) is 4.96. The van der Waals surface area contributed by atoms with E-state index in [1.807, 2.05) is 0 Å². The number of carbonyl (C=O) groups excluding carboxylic acids is 1. The van der Waals surface area contributed by atoms with Gasteiger partial charge in [-0.1, -0.05) is 13.8 Å². The van der Waals surface area contributed by atoms with Crippen molar-refractivity contribution in [2.75, 3.05) is 0 Å². The molecule has 6 bridgehead atoms.